The van der Waals surface area contributed by atoms with Gasteiger partial charge in [0, 0.05) is 37.5 Å². The van der Waals surface area contributed by atoms with E-state index < -0.39 is 0 Å². The highest BCUT2D eigenvalue weighted by Crippen LogP contribution is 2.32. The summed E-state index contributed by atoms with van der Waals surface area (Å²) >= 11 is 0. The van der Waals surface area contributed by atoms with Gasteiger partial charge >= 0.3 is 0 Å². The van der Waals surface area contributed by atoms with E-state index in [1.54, 1.807) is 6.26 Å². The number of rotatable bonds is 3. The molecule has 0 atom stereocenters. The number of amides is 1. The lowest BCUT2D eigenvalue weighted by Gasteiger charge is -2.36. The lowest BCUT2D eigenvalue weighted by atomic mass is 10.1. The molecule has 6 nitrogen and oxygen atoms in total. The first-order chi connectivity index (χ1) is 13.2. The zero-order valence-electron chi connectivity index (χ0n) is 15.4. The van der Waals surface area contributed by atoms with Gasteiger partial charge in [0.1, 0.15) is 5.82 Å². The Bertz CT molecular complexity index is 987. The molecule has 1 amide bonds. The smallest absolute Gasteiger partial charge is 0.225 e. The Balaban J connectivity index is 1.49. The highest BCUT2D eigenvalue weighted by molar-refractivity contribution is 5.91. The molecule has 0 N–H and O–H groups in total. The molecule has 0 bridgehead atoms. The van der Waals surface area contributed by atoms with Gasteiger partial charge < -0.3 is 14.2 Å². The average molecular weight is 362 g/mol. The Labute approximate surface area is 157 Å². The molecule has 0 radical (unpaired) electrons. The van der Waals surface area contributed by atoms with E-state index in [1.165, 1.54) is 5.56 Å². The predicted octanol–water partition coefficient (Wildman–Crippen LogP) is 3.26. The summed E-state index contributed by atoms with van der Waals surface area (Å²) < 4.78 is 5.52. The van der Waals surface area contributed by atoms with E-state index in [1.807, 2.05) is 23.1 Å². The van der Waals surface area contributed by atoms with E-state index in [9.17, 15) is 4.79 Å². The lowest BCUT2D eigenvalue weighted by molar-refractivity contribution is -0.132. The van der Waals surface area contributed by atoms with Gasteiger partial charge in [0.25, 0.3) is 0 Å². The second-order valence-corrected chi connectivity index (χ2v) is 7.46. The fourth-order valence-corrected chi connectivity index (χ4v) is 3.71. The molecule has 3 heterocycles. The van der Waals surface area contributed by atoms with E-state index in [0.29, 0.717) is 17.5 Å². The SMILES string of the molecule is Cc1ccc2nc(-c3ccco3)nc(N3CCN(C(=O)C4CC4)CC3)c2c1. The molecule has 27 heavy (non-hydrogen) atoms. The Kier molecular flexibility index (Phi) is 3.85. The van der Waals surface area contributed by atoms with Crippen molar-refractivity contribution in [2.24, 2.45) is 5.92 Å². The van der Waals surface area contributed by atoms with Crippen molar-refractivity contribution < 1.29 is 9.21 Å². The van der Waals surface area contributed by atoms with E-state index in [2.05, 4.69) is 24.0 Å². The fraction of sp³-hybridized carbons (Fsp3) is 0.381. The average Bonchev–Trinajstić information content (AvgIpc) is 3.40. The van der Waals surface area contributed by atoms with Crippen LogP contribution in [-0.2, 0) is 4.79 Å². The molecular formula is C21H22N4O2. The number of anilines is 1. The van der Waals surface area contributed by atoms with Crippen LogP contribution in [0, 0.1) is 12.8 Å². The number of nitrogens with zero attached hydrogens (tertiary/aromatic N) is 4. The molecular weight excluding hydrogens is 340 g/mol. The first-order valence-corrected chi connectivity index (χ1v) is 9.55. The third-order valence-corrected chi connectivity index (χ3v) is 5.39. The number of carbonyl (C=O) groups is 1. The van der Waals surface area contributed by atoms with Crippen LogP contribution in [-0.4, -0.2) is 47.0 Å². The zero-order valence-corrected chi connectivity index (χ0v) is 15.4. The van der Waals surface area contributed by atoms with Gasteiger partial charge in [-0.25, -0.2) is 9.97 Å². The third kappa shape index (κ3) is 3.05. The van der Waals surface area contributed by atoms with Gasteiger partial charge in [0.2, 0.25) is 5.91 Å². The van der Waals surface area contributed by atoms with Gasteiger partial charge in [0.05, 0.1) is 11.8 Å². The number of benzene rings is 1. The standard InChI is InChI=1S/C21H22N4O2/c1-14-4-7-17-16(13-14)20(23-19(22-17)18-3-2-12-27-18)24-8-10-25(11-9-24)21(26)15-5-6-15/h2-4,7,12-13,15H,5-6,8-11H2,1H3. The number of aromatic nitrogens is 2. The molecule has 1 saturated carbocycles. The first kappa shape index (κ1) is 16.3. The molecule has 1 aromatic carbocycles. The van der Waals surface area contributed by atoms with E-state index >= 15 is 0 Å². The minimum Gasteiger partial charge on any atom is -0.461 e. The highest BCUT2D eigenvalue weighted by atomic mass is 16.3. The third-order valence-electron chi connectivity index (χ3n) is 5.39. The maximum atomic E-state index is 12.3. The highest BCUT2D eigenvalue weighted by Gasteiger charge is 2.35. The maximum absolute atomic E-state index is 12.3. The van der Waals surface area contributed by atoms with Crippen LogP contribution in [0.2, 0.25) is 0 Å². The summed E-state index contributed by atoms with van der Waals surface area (Å²) in [6, 6.07) is 9.97. The van der Waals surface area contributed by atoms with Gasteiger partial charge in [-0.2, -0.15) is 0 Å². The number of aryl methyl sites for hydroxylation is 1. The van der Waals surface area contributed by atoms with Crippen molar-refractivity contribution in [3.63, 3.8) is 0 Å². The number of fused-ring (bicyclic) bond motifs is 1. The van der Waals surface area contributed by atoms with Crippen molar-refractivity contribution in [3.05, 3.63) is 42.2 Å². The minimum atomic E-state index is 0.282. The van der Waals surface area contributed by atoms with Crippen molar-refractivity contribution in [1.82, 2.24) is 14.9 Å². The summed E-state index contributed by atoms with van der Waals surface area (Å²) in [4.78, 5) is 26.2. The summed E-state index contributed by atoms with van der Waals surface area (Å²) in [6.07, 6.45) is 3.75. The molecule has 0 spiro atoms. The van der Waals surface area contributed by atoms with Crippen LogP contribution in [0.4, 0.5) is 5.82 Å². The topological polar surface area (TPSA) is 62.5 Å². The Morgan fingerprint density at radius 2 is 1.93 bits per heavy atom. The van der Waals surface area contributed by atoms with Crippen LogP contribution >= 0.6 is 0 Å². The van der Waals surface area contributed by atoms with Crippen LogP contribution in [0.15, 0.2) is 41.0 Å². The van der Waals surface area contributed by atoms with Crippen LogP contribution in [0.3, 0.4) is 0 Å². The van der Waals surface area contributed by atoms with Crippen molar-refractivity contribution in [2.45, 2.75) is 19.8 Å². The summed E-state index contributed by atoms with van der Waals surface area (Å²) in [5.41, 5.74) is 2.09. The van der Waals surface area contributed by atoms with Gasteiger partial charge in [0.15, 0.2) is 11.6 Å². The molecule has 3 aromatic rings. The molecule has 1 aliphatic carbocycles. The molecule has 1 aliphatic heterocycles. The Morgan fingerprint density at radius 3 is 2.63 bits per heavy atom. The second-order valence-electron chi connectivity index (χ2n) is 7.46. The number of carbonyl (C=O) groups excluding carboxylic acids is 1. The van der Waals surface area contributed by atoms with Crippen molar-refractivity contribution in [1.29, 1.82) is 0 Å². The number of hydrogen-bond acceptors (Lipinski definition) is 5. The van der Waals surface area contributed by atoms with E-state index in [-0.39, 0.29) is 5.92 Å². The van der Waals surface area contributed by atoms with Gasteiger partial charge in [-0.3, -0.25) is 4.79 Å². The lowest BCUT2D eigenvalue weighted by Crippen LogP contribution is -2.49. The second kappa shape index (κ2) is 6.37. The number of piperazine rings is 1. The summed E-state index contributed by atoms with van der Waals surface area (Å²) in [5, 5.41) is 1.05. The van der Waals surface area contributed by atoms with Gasteiger partial charge in [-0.15, -0.1) is 0 Å². The van der Waals surface area contributed by atoms with Gasteiger partial charge in [-0.1, -0.05) is 11.6 Å². The van der Waals surface area contributed by atoms with E-state index in [4.69, 9.17) is 14.4 Å². The summed E-state index contributed by atoms with van der Waals surface area (Å²) in [7, 11) is 0. The Morgan fingerprint density at radius 1 is 1.11 bits per heavy atom. The molecule has 1 saturated heterocycles. The molecule has 138 valence electrons. The van der Waals surface area contributed by atoms with Gasteiger partial charge in [-0.05, 0) is 44.0 Å². The zero-order chi connectivity index (χ0) is 18.4. The van der Waals surface area contributed by atoms with Crippen LogP contribution in [0.25, 0.3) is 22.5 Å². The summed E-state index contributed by atoms with van der Waals surface area (Å²) in [6.45, 7) is 5.16. The van der Waals surface area contributed by atoms with Crippen LogP contribution < -0.4 is 4.90 Å². The maximum Gasteiger partial charge on any atom is 0.225 e. The fourth-order valence-electron chi connectivity index (χ4n) is 3.71. The Hall–Kier alpha value is -2.89. The minimum absolute atomic E-state index is 0.282. The van der Waals surface area contributed by atoms with Crippen molar-refractivity contribution in [3.8, 4) is 11.6 Å². The predicted molar refractivity (Wildman–Crippen MR) is 103 cm³/mol. The normalized spacial score (nSPS) is 17.5. The van der Waals surface area contributed by atoms with E-state index in [0.717, 1.165) is 55.7 Å². The van der Waals surface area contributed by atoms with Crippen molar-refractivity contribution in [2.75, 3.05) is 31.1 Å². The molecule has 5 rings (SSSR count). The molecule has 2 aliphatic rings. The first-order valence-electron chi connectivity index (χ1n) is 9.55. The van der Waals surface area contributed by atoms with Crippen molar-refractivity contribution >= 4 is 22.6 Å². The van der Waals surface area contributed by atoms with Crippen LogP contribution in [0.5, 0.6) is 0 Å². The quantitative estimate of drug-likeness (QED) is 0.716. The molecule has 6 heteroatoms. The monoisotopic (exact) mass is 362 g/mol. The largest absolute Gasteiger partial charge is 0.461 e. The molecule has 2 fully saturated rings. The number of hydrogen-bond donors (Lipinski definition) is 0. The number of furan rings is 1. The summed E-state index contributed by atoms with van der Waals surface area (Å²) in [5.74, 6) is 2.80. The molecule has 0 unspecified atom stereocenters. The molecule has 2 aromatic heterocycles. The van der Waals surface area contributed by atoms with Crippen LogP contribution in [0.1, 0.15) is 18.4 Å².